The first-order valence-corrected chi connectivity index (χ1v) is 19.1. The third-order valence-electron chi connectivity index (χ3n) is 8.65. The molecule has 0 aromatic heterocycles. The van der Waals surface area contributed by atoms with Crippen LogP contribution in [-0.2, 0) is 29.8 Å². The van der Waals surface area contributed by atoms with Crippen molar-refractivity contribution < 1.29 is 55.3 Å². The van der Waals surface area contributed by atoms with E-state index in [0.29, 0.717) is 11.1 Å². The molecule has 4 amide bonds. The van der Waals surface area contributed by atoms with Gasteiger partial charge in [0.25, 0.3) is 32.1 Å². The van der Waals surface area contributed by atoms with Gasteiger partial charge in [-0.3, -0.25) is 28.3 Å². The minimum atomic E-state index is -4.82. The highest BCUT2D eigenvalue weighted by Crippen LogP contribution is 2.38. The van der Waals surface area contributed by atoms with Gasteiger partial charge in [-0.1, -0.05) is 60.7 Å². The predicted octanol–water partition coefficient (Wildman–Crippen LogP) is 5.60. The van der Waals surface area contributed by atoms with Gasteiger partial charge in [0.05, 0.1) is 11.4 Å². The summed E-state index contributed by atoms with van der Waals surface area (Å²) >= 11 is 0. The van der Waals surface area contributed by atoms with Gasteiger partial charge in [-0.05, 0) is 49.2 Å². The molecule has 0 saturated carbocycles. The lowest BCUT2D eigenvalue weighted by molar-refractivity contribution is -0.132. The van der Waals surface area contributed by atoms with Gasteiger partial charge in [-0.25, -0.2) is 0 Å². The highest BCUT2D eigenvalue weighted by Gasteiger charge is 2.25. The molecule has 0 spiro atoms. The van der Waals surface area contributed by atoms with Crippen molar-refractivity contribution >= 4 is 88.2 Å². The van der Waals surface area contributed by atoms with Crippen LogP contribution in [0.15, 0.2) is 107 Å². The first kappa shape index (κ1) is 38.9. The zero-order valence-corrected chi connectivity index (χ0v) is 30.7. The Kier molecular flexibility index (Phi) is 10.2. The van der Waals surface area contributed by atoms with E-state index in [1.807, 2.05) is 0 Å². The molecule has 0 aliphatic heterocycles. The Balaban J connectivity index is 1.18. The molecule has 0 radical (unpaired) electrons. The molecule has 0 bridgehead atoms. The maximum absolute atomic E-state index is 13.4. The Morgan fingerprint density at radius 2 is 0.821 bits per heavy atom. The van der Waals surface area contributed by atoms with Crippen molar-refractivity contribution in [3.63, 3.8) is 0 Å². The average Bonchev–Trinajstić information content (AvgIpc) is 3.11. The normalized spacial score (nSPS) is 11.6. The molecule has 0 fully saturated rings. The van der Waals surface area contributed by atoms with Gasteiger partial charge in [-0.15, -0.1) is 0 Å². The fourth-order valence-electron chi connectivity index (χ4n) is 6.06. The topological polar surface area (TPSA) is 266 Å². The fourth-order valence-corrected chi connectivity index (χ4v) is 7.62. The summed E-state index contributed by atoms with van der Waals surface area (Å²) in [5.74, 6) is -5.29. The fraction of sp³-hybridized carbons (Fsp3) is 0.0526. The summed E-state index contributed by atoms with van der Waals surface area (Å²) in [5, 5.41) is 31.2. The van der Waals surface area contributed by atoms with Crippen LogP contribution in [0.25, 0.3) is 21.5 Å². The second-order valence-corrected chi connectivity index (χ2v) is 15.2. The van der Waals surface area contributed by atoms with E-state index in [1.54, 1.807) is 26.0 Å². The first-order valence-electron chi connectivity index (χ1n) is 16.2. The predicted molar refractivity (Wildman–Crippen MR) is 206 cm³/mol. The second-order valence-electron chi connectivity index (χ2n) is 12.5. The molecule has 0 heterocycles. The standard InChI is InChI=1S/C38H30N4O12S2/c1-19-11-13-21(15-27(19)35(45)41-29-17-31(43)33(55(49,50)51)25-9-5-3-7-23(25)29)39-37(47)38(48)40-22-14-12-20(2)28(16-22)36(46)42-30-18-32(44)34(56(52,53)54)26-10-6-4-8-24(26)30/h3-18,43-44H,1-2H3,(H,39,47)(H,40,48)(H,41,45)(H,42,46)(H,49,50,51)(H,52,53,54). The Morgan fingerprint density at radius 3 is 1.16 bits per heavy atom. The van der Waals surface area contributed by atoms with Crippen LogP contribution in [0.2, 0.25) is 0 Å². The van der Waals surface area contributed by atoms with Crippen LogP contribution in [-0.4, -0.2) is 59.8 Å². The molecular weight excluding hydrogens is 769 g/mol. The number of fused-ring (bicyclic) bond motifs is 2. The molecular formula is C38H30N4O12S2. The van der Waals surface area contributed by atoms with Crippen LogP contribution < -0.4 is 21.3 Å². The van der Waals surface area contributed by atoms with Crippen LogP contribution in [0.5, 0.6) is 11.5 Å². The number of nitrogens with one attached hydrogen (secondary N) is 4. The Hall–Kier alpha value is -6.86. The minimum absolute atomic E-state index is 0.0245. The summed E-state index contributed by atoms with van der Waals surface area (Å²) in [6.45, 7) is 3.21. The zero-order valence-electron chi connectivity index (χ0n) is 29.1. The number of amides is 4. The summed E-state index contributed by atoms with van der Waals surface area (Å²) < 4.78 is 67.1. The maximum atomic E-state index is 13.4. The molecule has 0 unspecified atom stereocenters. The Bertz CT molecular complexity index is 2700. The summed E-state index contributed by atoms with van der Waals surface area (Å²) in [6.07, 6.45) is 0. The first-order chi connectivity index (χ1) is 26.3. The van der Waals surface area contributed by atoms with Gasteiger partial charge in [0, 0.05) is 56.2 Å². The van der Waals surface area contributed by atoms with E-state index >= 15 is 0 Å². The van der Waals surface area contributed by atoms with Crippen LogP contribution in [0.4, 0.5) is 22.7 Å². The van der Waals surface area contributed by atoms with E-state index in [9.17, 15) is 55.3 Å². The number of aromatic hydroxyl groups is 2. The Morgan fingerprint density at radius 1 is 0.482 bits per heavy atom. The summed E-state index contributed by atoms with van der Waals surface area (Å²) in [4.78, 5) is 51.3. The molecule has 286 valence electrons. The van der Waals surface area contributed by atoms with E-state index in [2.05, 4.69) is 21.3 Å². The van der Waals surface area contributed by atoms with Crippen molar-refractivity contribution in [1.82, 2.24) is 0 Å². The summed E-state index contributed by atoms with van der Waals surface area (Å²) in [5.41, 5.74) is 1.16. The smallest absolute Gasteiger partial charge is 0.314 e. The monoisotopic (exact) mass is 798 g/mol. The van der Waals surface area contributed by atoms with Crippen molar-refractivity contribution in [3.05, 3.63) is 119 Å². The van der Waals surface area contributed by atoms with Crippen LogP contribution >= 0.6 is 0 Å². The SMILES string of the molecule is Cc1ccc(NC(=O)C(=O)Nc2ccc(C)c(C(=O)Nc3cc(O)c(S(=O)(=O)O)c4ccccc34)c2)cc1C(=O)Nc1cc(O)c(S(=O)(=O)O)c2ccccc12. The zero-order chi connectivity index (χ0) is 40.7. The van der Waals surface area contributed by atoms with Crippen molar-refractivity contribution in [2.75, 3.05) is 21.3 Å². The number of phenolic OH excluding ortho intramolecular Hbond substituents is 2. The number of aryl methyl sites for hydroxylation is 2. The molecule has 6 rings (SSSR count). The molecule has 6 aromatic carbocycles. The molecule has 18 heteroatoms. The van der Waals surface area contributed by atoms with Crippen molar-refractivity contribution in [2.24, 2.45) is 0 Å². The van der Waals surface area contributed by atoms with E-state index < -0.39 is 65.2 Å². The largest absolute Gasteiger partial charge is 0.506 e. The number of phenols is 2. The number of anilines is 4. The van der Waals surface area contributed by atoms with Gasteiger partial charge in [0.1, 0.15) is 21.3 Å². The van der Waals surface area contributed by atoms with E-state index in [4.69, 9.17) is 0 Å². The molecule has 56 heavy (non-hydrogen) atoms. The third kappa shape index (κ3) is 7.84. The van der Waals surface area contributed by atoms with Crippen LogP contribution in [0.1, 0.15) is 31.8 Å². The molecule has 8 N–H and O–H groups in total. The lowest BCUT2D eigenvalue weighted by Crippen LogP contribution is -2.29. The van der Waals surface area contributed by atoms with Gasteiger partial charge >= 0.3 is 11.8 Å². The minimum Gasteiger partial charge on any atom is -0.506 e. The highest BCUT2D eigenvalue weighted by atomic mass is 32.2. The number of rotatable bonds is 8. The molecule has 0 aliphatic carbocycles. The molecule has 0 atom stereocenters. The molecule has 0 aliphatic rings. The van der Waals surface area contributed by atoms with Gasteiger partial charge in [-0.2, -0.15) is 16.8 Å². The van der Waals surface area contributed by atoms with E-state index in [0.717, 1.165) is 12.1 Å². The number of benzene rings is 6. The number of carbonyl (C=O) groups excluding carboxylic acids is 4. The lowest BCUT2D eigenvalue weighted by Gasteiger charge is -2.15. The van der Waals surface area contributed by atoms with Crippen molar-refractivity contribution in [3.8, 4) is 11.5 Å². The van der Waals surface area contributed by atoms with Crippen molar-refractivity contribution in [1.29, 1.82) is 0 Å². The van der Waals surface area contributed by atoms with Gasteiger partial charge < -0.3 is 31.5 Å². The molecule has 0 saturated heterocycles. The Labute approximate surface area is 318 Å². The van der Waals surface area contributed by atoms with Gasteiger partial charge in [0.2, 0.25) is 0 Å². The van der Waals surface area contributed by atoms with Crippen LogP contribution in [0.3, 0.4) is 0 Å². The number of hydrogen-bond donors (Lipinski definition) is 8. The highest BCUT2D eigenvalue weighted by molar-refractivity contribution is 7.86. The number of hydrogen-bond acceptors (Lipinski definition) is 10. The van der Waals surface area contributed by atoms with Crippen LogP contribution in [0, 0.1) is 13.8 Å². The quantitative estimate of drug-likeness (QED) is 0.0691. The average molecular weight is 799 g/mol. The maximum Gasteiger partial charge on any atom is 0.314 e. The van der Waals surface area contributed by atoms with E-state index in [1.165, 1.54) is 72.8 Å². The van der Waals surface area contributed by atoms with Gasteiger partial charge in [0.15, 0.2) is 0 Å². The van der Waals surface area contributed by atoms with Crippen molar-refractivity contribution in [2.45, 2.75) is 23.6 Å². The molecule has 6 aromatic rings. The second kappa shape index (κ2) is 14.8. The number of carbonyl (C=O) groups is 4. The summed E-state index contributed by atoms with van der Waals surface area (Å²) in [7, 11) is -9.65. The lowest BCUT2D eigenvalue weighted by atomic mass is 10.0. The summed E-state index contributed by atoms with van der Waals surface area (Å²) in [6, 6.07) is 22.2. The molecule has 16 nitrogen and oxygen atoms in total. The van der Waals surface area contributed by atoms with E-state index in [-0.39, 0.29) is 55.4 Å². The third-order valence-corrected chi connectivity index (χ3v) is 10.5.